The first-order valence-electron chi connectivity index (χ1n) is 7.69. The van der Waals surface area contributed by atoms with Gasteiger partial charge in [-0.15, -0.1) is 0 Å². The number of nitrogens with one attached hydrogen (secondary N) is 2. The van der Waals surface area contributed by atoms with Crippen LogP contribution in [0.25, 0.3) is 0 Å². The molecule has 0 saturated carbocycles. The van der Waals surface area contributed by atoms with Gasteiger partial charge < -0.3 is 10.6 Å². The van der Waals surface area contributed by atoms with Gasteiger partial charge in [0.05, 0.1) is 6.20 Å². The molecule has 1 aliphatic carbocycles. The normalized spacial score (nSPS) is 24.8. The minimum atomic E-state index is -0.353. The maximum atomic E-state index is 12.2. The van der Waals surface area contributed by atoms with Gasteiger partial charge in [0.25, 0.3) is 0 Å². The lowest BCUT2D eigenvalue weighted by Gasteiger charge is -2.26. The van der Waals surface area contributed by atoms with E-state index in [-0.39, 0.29) is 23.9 Å². The summed E-state index contributed by atoms with van der Waals surface area (Å²) >= 11 is 0. The van der Waals surface area contributed by atoms with Gasteiger partial charge in [-0.05, 0) is 38.7 Å². The molecule has 0 aromatic carbocycles. The Morgan fingerprint density at radius 3 is 2.90 bits per heavy atom. The molecule has 0 radical (unpaired) electrons. The molecule has 1 aromatic rings. The van der Waals surface area contributed by atoms with E-state index in [1.54, 1.807) is 0 Å². The molecule has 21 heavy (non-hydrogen) atoms. The Morgan fingerprint density at radius 2 is 2.24 bits per heavy atom. The second-order valence-corrected chi connectivity index (χ2v) is 6.26. The fraction of sp³-hybridized carbons (Fsp3) is 0.667. The average Bonchev–Trinajstić information content (AvgIpc) is 3.04. The van der Waals surface area contributed by atoms with Crippen LogP contribution >= 0.6 is 0 Å². The standard InChI is InChI=1S/C15H22N4O2/c1-9(2)19-13-7-11(4-3-10(13)8-16-19)17-15(21)12-5-6-14(20)18-12/h8-9,11-12H,3-7H2,1-2H3,(H,17,21)(H,18,20)/t11?,12-/m1/s1. The lowest BCUT2D eigenvalue weighted by atomic mass is 9.93. The number of hydrogen-bond acceptors (Lipinski definition) is 3. The number of nitrogens with zero attached hydrogens (tertiary/aromatic N) is 2. The van der Waals surface area contributed by atoms with Gasteiger partial charge >= 0.3 is 0 Å². The first kappa shape index (κ1) is 14.1. The van der Waals surface area contributed by atoms with Crippen molar-refractivity contribution in [3.05, 3.63) is 17.5 Å². The van der Waals surface area contributed by atoms with Gasteiger partial charge in [-0.25, -0.2) is 0 Å². The molecular weight excluding hydrogens is 268 g/mol. The van der Waals surface area contributed by atoms with Gasteiger partial charge in [-0.1, -0.05) is 0 Å². The SMILES string of the molecule is CC(C)n1ncc2c1CC(NC(=O)[C@H]1CCC(=O)N1)CC2. The minimum Gasteiger partial charge on any atom is -0.351 e. The van der Waals surface area contributed by atoms with E-state index >= 15 is 0 Å². The fourth-order valence-corrected chi connectivity index (χ4v) is 3.20. The zero-order valence-corrected chi connectivity index (χ0v) is 12.6. The van der Waals surface area contributed by atoms with E-state index in [2.05, 4.69) is 29.6 Å². The summed E-state index contributed by atoms with van der Waals surface area (Å²) in [4.78, 5) is 23.4. The van der Waals surface area contributed by atoms with E-state index in [4.69, 9.17) is 0 Å². The van der Waals surface area contributed by atoms with Gasteiger partial charge in [-0.2, -0.15) is 5.10 Å². The van der Waals surface area contributed by atoms with Crippen LogP contribution in [0.15, 0.2) is 6.20 Å². The maximum Gasteiger partial charge on any atom is 0.242 e. The largest absolute Gasteiger partial charge is 0.351 e. The molecule has 0 bridgehead atoms. The van der Waals surface area contributed by atoms with Crippen molar-refractivity contribution in [2.75, 3.05) is 0 Å². The molecule has 6 heteroatoms. The van der Waals surface area contributed by atoms with Gasteiger partial charge in [0.1, 0.15) is 6.04 Å². The number of aromatic nitrogens is 2. The Balaban J connectivity index is 1.64. The summed E-state index contributed by atoms with van der Waals surface area (Å²) in [5, 5.41) is 10.2. The Hall–Kier alpha value is -1.85. The zero-order valence-electron chi connectivity index (χ0n) is 12.6. The van der Waals surface area contributed by atoms with Gasteiger partial charge in [0, 0.05) is 30.6 Å². The monoisotopic (exact) mass is 290 g/mol. The third-order valence-corrected chi connectivity index (χ3v) is 4.33. The van der Waals surface area contributed by atoms with Gasteiger partial charge in [0.15, 0.2) is 0 Å². The molecule has 1 fully saturated rings. The molecule has 1 aliphatic heterocycles. The topological polar surface area (TPSA) is 76.0 Å². The van der Waals surface area contributed by atoms with E-state index in [0.29, 0.717) is 18.9 Å². The van der Waals surface area contributed by atoms with Crippen molar-refractivity contribution in [2.24, 2.45) is 0 Å². The maximum absolute atomic E-state index is 12.2. The molecule has 2 N–H and O–H groups in total. The summed E-state index contributed by atoms with van der Waals surface area (Å²) in [5.74, 6) is -0.0797. The van der Waals surface area contributed by atoms with Crippen molar-refractivity contribution in [3.8, 4) is 0 Å². The quantitative estimate of drug-likeness (QED) is 0.861. The third kappa shape index (κ3) is 2.80. The number of hydrogen-bond donors (Lipinski definition) is 2. The van der Waals surface area contributed by atoms with Crippen LogP contribution in [0.2, 0.25) is 0 Å². The summed E-state index contributed by atoms with van der Waals surface area (Å²) in [5.41, 5.74) is 2.53. The minimum absolute atomic E-state index is 0.0287. The highest BCUT2D eigenvalue weighted by molar-refractivity contribution is 5.90. The molecule has 2 aliphatic rings. The van der Waals surface area contributed by atoms with Crippen LogP contribution in [0.3, 0.4) is 0 Å². The highest BCUT2D eigenvalue weighted by Crippen LogP contribution is 2.23. The van der Waals surface area contributed by atoms with Crippen molar-refractivity contribution in [1.29, 1.82) is 0 Å². The van der Waals surface area contributed by atoms with Crippen molar-refractivity contribution >= 4 is 11.8 Å². The predicted octanol–water partition coefficient (Wildman–Crippen LogP) is 0.716. The molecule has 0 spiro atoms. The van der Waals surface area contributed by atoms with Gasteiger partial charge in [-0.3, -0.25) is 14.3 Å². The first-order valence-corrected chi connectivity index (χ1v) is 7.69. The summed E-state index contributed by atoms with van der Waals surface area (Å²) in [6.07, 6.45) is 5.71. The molecule has 1 unspecified atom stereocenters. The average molecular weight is 290 g/mol. The van der Waals surface area contributed by atoms with Crippen molar-refractivity contribution in [3.63, 3.8) is 0 Å². The van der Waals surface area contributed by atoms with Crippen molar-refractivity contribution in [1.82, 2.24) is 20.4 Å². The third-order valence-electron chi connectivity index (χ3n) is 4.33. The molecule has 1 aromatic heterocycles. The first-order chi connectivity index (χ1) is 10.0. The summed E-state index contributed by atoms with van der Waals surface area (Å²) < 4.78 is 2.05. The highest BCUT2D eigenvalue weighted by atomic mass is 16.2. The number of aryl methyl sites for hydroxylation is 1. The van der Waals surface area contributed by atoms with Crippen LogP contribution in [0.1, 0.15) is 50.4 Å². The second kappa shape index (κ2) is 5.50. The van der Waals surface area contributed by atoms with Crippen LogP contribution in [-0.2, 0) is 22.4 Å². The lowest BCUT2D eigenvalue weighted by molar-refractivity contribution is -0.126. The van der Waals surface area contributed by atoms with Crippen LogP contribution in [0.4, 0.5) is 0 Å². The Kier molecular flexibility index (Phi) is 3.69. The number of rotatable bonds is 3. The van der Waals surface area contributed by atoms with Crippen molar-refractivity contribution in [2.45, 2.75) is 64.1 Å². The van der Waals surface area contributed by atoms with Crippen LogP contribution in [-0.4, -0.2) is 33.7 Å². The Bertz CT molecular complexity index is 564. The molecule has 2 atom stereocenters. The summed E-state index contributed by atoms with van der Waals surface area (Å²) in [7, 11) is 0. The molecule has 2 amide bonds. The molecule has 2 heterocycles. The van der Waals surface area contributed by atoms with Crippen LogP contribution < -0.4 is 10.6 Å². The lowest BCUT2D eigenvalue weighted by Crippen LogP contribution is -2.47. The van der Waals surface area contributed by atoms with E-state index in [1.807, 2.05) is 10.9 Å². The fourth-order valence-electron chi connectivity index (χ4n) is 3.20. The van der Waals surface area contributed by atoms with Gasteiger partial charge in [0.2, 0.25) is 11.8 Å². The summed E-state index contributed by atoms with van der Waals surface area (Å²) in [6, 6.07) is 0.114. The van der Waals surface area contributed by atoms with E-state index in [0.717, 1.165) is 19.3 Å². The molecule has 3 rings (SSSR count). The number of carbonyl (C=O) groups is 2. The second-order valence-electron chi connectivity index (χ2n) is 6.26. The van der Waals surface area contributed by atoms with E-state index in [9.17, 15) is 9.59 Å². The Morgan fingerprint density at radius 1 is 1.43 bits per heavy atom. The zero-order chi connectivity index (χ0) is 15.0. The number of fused-ring (bicyclic) bond motifs is 1. The highest BCUT2D eigenvalue weighted by Gasteiger charge is 2.30. The van der Waals surface area contributed by atoms with Crippen LogP contribution in [0, 0.1) is 0 Å². The van der Waals surface area contributed by atoms with E-state index in [1.165, 1.54) is 11.3 Å². The molecular formula is C15H22N4O2. The Labute approximate surface area is 124 Å². The number of carbonyl (C=O) groups excluding carboxylic acids is 2. The smallest absolute Gasteiger partial charge is 0.242 e. The number of amides is 2. The molecule has 114 valence electrons. The van der Waals surface area contributed by atoms with Crippen LogP contribution in [0.5, 0.6) is 0 Å². The predicted molar refractivity (Wildman–Crippen MR) is 77.7 cm³/mol. The molecule has 1 saturated heterocycles. The molecule has 6 nitrogen and oxygen atoms in total. The summed E-state index contributed by atoms with van der Waals surface area (Å²) in [6.45, 7) is 4.23. The van der Waals surface area contributed by atoms with E-state index < -0.39 is 0 Å². The van der Waals surface area contributed by atoms with Crippen molar-refractivity contribution < 1.29 is 9.59 Å².